The van der Waals surface area contributed by atoms with Crippen LogP contribution in [0.3, 0.4) is 0 Å². The largest absolute Gasteiger partial charge is 0.376 e. The second kappa shape index (κ2) is 8.67. The first-order valence-corrected chi connectivity index (χ1v) is 9.47. The van der Waals surface area contributed by atoms with E-state index in [-0.39, 0.29) is 6.10 Å². The molecule has 0 saturated carbocycles. The summed E-state index contributed by atoms with van der Waals surface area (Å²) in [5, 5.41) is 16.6. The lowest BCUT2D eigenvalue weighted by Gasteiger charge is -2.29. The van der Waals surface area contributed by atoms with Gasteiger partial charge in [-0.05, 0) is 46.0 Å². The maximum atomic E-state index is 9.75. The smallest absolute Gasteiger partial charge is 0.146 e. The van der Waals surface area contributed by atoms with Crippen LogP contribution in [-0.4, -0.2) is 74.8 Å². The van der Waals surface area contributed by atoms with E-state index in [9.17, 15) is 5.26 Å². The SMILES string of the molecule is CN(C)CCNc1nc(NC[C@@H]2CCCO2)c2c(c1C#N)CCN(C)C2. The molecule has 2 aliphatic heterocycles. The molecule has 0 radical (unpaired) electrons. The van der Waals surface area contributed by atoms with Crippen molar-refractivity contribution < 1.29 is 4.74 Å². The maximum Gasteiger partial charge on any atom is 0.146 e. The Balaban J connectivity index is 1.86. The minimum atomic E-state index is 0.259. The predicted octanol–water partition coefficient (Wildman–Crippen LogP) is 1.51. The van der Waals surface area contributed by atoms with E-state index in [4.69, 9.17) is 9.72 Å². The summed E-state index contributed by atoms with van der Waals surface area (Å²) in [6.45, 7) is 5.07. The van der Waals surface area contributed by atoms with Gasteiger partial charge in [-0.1, -0.05) is 0 Å². The summed E-state index contributed by atoms with van der Waals surface area (Å²) in [6, 6.07) is 2.39. The molecular formula is C19H30N6O. The number of fused-ring (bicyclic) bond motifs is 1. The topological polar surface area (TPSA) is 76.5 Å². The Kier molecular flexibility index (Phi) is 6.30. The molecule has 142 valence electrons. The summed E-state index contributed by atoms with van der Waals surface area (Å²) in [5.74, 6) is 1.60. The lowest BCUT2D eigenvalue weighted by Crippen LogP contribution is -2.30. The Hall–Kier alpha value is -1.88. The maximum absolute atomic E-state index is 9.75. The van der Waals surface area contributed by atoms with Crippen molar-refractivity contribution in [3.05, 3.63) is 16.7 Å². The zero-order valence-corrected chi connectivity index (χ0v) is 16.1. The Labute approximate surface area is 156 Å². The molecule has 1 atom stereocenters. The Bertz CT molecular complexity index is 663. The number of rotatable bonds is 7. The molecule has 7 nitrogen and oxygen atoms in total. The second-order valence-corrected chi connectivity index (χ2v) is 7.49. The summed E-state index contributed by atoms with van der Waals surface area (Å²) in [6.07, 6.45) is 3.37. The van der Waals surface area contributed by atoms with E-state index >= 15 is 0 Å². The zero-order valence-electron chi connectivity index (χ0n) is 16.1. The first kappa shape index (κ1) is 18.9. The molecule has 2 N–H and O–H groups in total. The molecule has 0 aromatic carbocycles. The molecule has 7 heteroatoms. The summed E-state index contributed by atoms with van der Waals surface area (Å²) >= 11 is 0. The first-order chi connectivity index (χ1) is 12.6. The van der Waals surface area contributed by atoms with E-state index in [0.29, 0.717) is 11.4 Å². The van der Waals surface area contributed by atoms with Crippen LogP contribution in [-0.2, 0) is 17.7 Å². The lowest BCUT2D eigenvalue weighted by molar-refractivity contribution is 0.120. The van der Waals surface area contributed by atoms with Crippen LogP contribution in [0.1, 0.15) is 29.5 Å². The highest BCUT2D eigenvalue weighted by atomic mass is 16.5. The van der Waals surface area contributed by atoms with Gasteiger partial charge in [0.05, 0.1) is 11.7 Å². The van der Waals surface area contributed by atoms with Gasteiger partial charge in [-0.3, -0.25) is 0 Å². The van der Waals surface area contributed by atoms with Crippen LogP contribution >= 0.6 is 0 Å². The minimum absolute atomic E-state index is 0.259. The number of nitrogens with one attached hydrogen (secondary N) is 2. The van der Waals surface area contributed by atoms with Crippen molar-refractivity contribution in [2.75, 3.05) is 64.6 Å². The molecule has 3 rings (SSSR count). The van der Waals surface area contributed by atoms with Crippen LogP contribution in [0.25, 0.3) is 0 Å². The van der Waals surface area contributed by atoms with Gasteiger partial charge in [-0.15, -0.1) is 0 Å². The van der Waals surface area contributed by atoms with Crippen molar-refractivity contribution in [3.63, 3.8) is 0 Å². The molecular weight excluding hydrogens is 328 g/mol. The van der Waals surface area contributed by atoms with Crippen LogP contribution in [0.2, 0.25) is 0 Å². The normalized spacial score (nSPS) is 20.0. The van der Waals surface area contributed by atoms with Gasteiger partial charge in [0.25, 0.3) is 0 Å². The van der Waals surface area contributed by atoms with Gasteiger partial charge < -0.3 is 25.2 Å². The summed E-state index contributed by atoms with van der Waals surface area (Å²) in [4.78, 5) is 9.20. The zero-order chi connectivity index (χ0) is 18.5. The Morgan fingerprint density at radius 3 is 2.85 bits per heavy atom. The molecule has 0 unspecified atom stereocenters. The molecule has 1 aromatic heterocycles. The number of nitrogens with zero attached hydrogens (tertiary/aromatic N) is 4. The van der Waals surface area contributed by atoms with Crippen LogP contribution in [0.4, 0.5) is 11.6 Å². The van der Waals surface area contributed by atoms with Crippen molar-refractivity contribution in [2.24, 2.45) is 0 Å². The average molecular weight is 358 g/mol. The highest BCUT2D eigenvalue weighted by Crippen LogP contribution is 2.31. The fourth-order valence-corrected chi connectivity index (χ4v) is 3.58. The van der Waals surface area contributed by atoms with Crippen molar-refractivity contribution in [3.8, 4) is 6.07 Å². The third-order valence-corrected chi connectivity index (χ3v) is 5.07. The summed E-state index contributed by atoms with van der Waals surface area (Å²) < 4.78 is 5.73. The fourth-order valence-electron chi connectivity index (χ4n) is 3.58. The third kappa shape index (κ3) is 4.44. The standard InChI is InChI=1S/C19H30N6O/c1-24(2)9-7-21-18-16(11-20)15-6-8-25(3)13-17(15)19(23-18)22-12-14-5-4-10-26-14/h14H,4-10,12-13H2,1-3H3,(H2,21,22,23)/t14-/m0/s1. The van der Waals surface area contributed by atoms with Crippen LogP contribution in [0.5, 0.6) is 0 Å². The summed E-state index contributed by atoms with van der Waals surface area (Å²) in [7, 11) is 6.19. The second-order valence-electron chi connectivity index (χ2n) is 7.49. The van der Waals surface area contributed by atoms with E-state index in [1.807, 2.05) is 14.1 Å². The van der Waals surface area contributed by atoms with Crippen molar-refractivity contribution in [1.29, 1.82) is 5.26 Å². The molecule has 0 bridgehead atoms. The molecule has 0 amide bonds. The van der Waals surface area contributed by atoms with Crippen molar-refractivity contribution >= 4 is 11.6 Å². The van der Waals surface area contributed by atoms with Gasteiger partial charge in [0, 0.05) is 44.9 Å². The predicted molar refractivity (Wildman–Crippen MR) is 103 cm³/mol. The molecule has 1 saturated heterocycles. The molecule has 0 spiro atoms. The number of anilines is 2. The molecule has 1 fully saturated rings. The molecule has 3 heterocycles. The number of pyridine rings is 1. The highest BCUT2D eigenvalue weighted by Gasteiger charge is 2.25. The van der Waals surface area contributed by atoms with E-state index in [2.05, 4.69) is 33.6 Å². The quantitative estimate of drug-likeness (QED) is 0.765. The number of ether oxygens (including phenoxy) is 1. The van der Waals surface area contributed by atoms with Crippen LogP contribution < -0.4 is 10.6 Å². The molecule has 0 aliphatic carbocycles. The van der Waals surface area contributed by atoms with Crippen LogP contribution in [0.15, 0.2) is 0 Å². The Morgan fingerprint density at radius 1 is 1.31 bits per heavy atom. The average Bonchev–Trinajstić information content (AvgIpc) is 3.13. The molecule has 26 heavy (non-hydrogen) atoms. The van der Waals surface area contributed by atoms with E-state index < -0.39 is 0 Å². The van der Waals surface area contributed by atoms with Crippen molar-refractivity contribution in [2.45, 2.75) is 31.9 Å². The summed E-state index contributed by atoms with van der Waals surface area (Å²) in [5.41, 5.74) is 3.00. The molecule has 2 aliphatic rings. The van der Waals surface area contributed by atoms with E-state index in [0.717, 1.165) is 75.5 Å². The number of likely N-dealkylation sites (N-methyl/N-ethyl adjacent to an activating group) is 2. The van der Waals surface area contributed by atoms with Gasteiger partial charge in [0.2, 0.25) is 0 Å². The van der Waals surface area contributed by atoms with Crippen molar-refractivity contribution in [1.82, 2.24) is 14.8 Å². The highest BCUT2D eigenvalue weighted by molar-refractivity contribution is 5.66. The lowest BCUT2D eigenvalue weighted by atomic mass is 9.96. The fraction of sp³-hybridized carbons (Fsp3) is 0.684. The number of nitriles is 1. The minimum Gasteiger partial charge on any atom is -0.376 e. The van der Waals surface area contributed by atoms with E-state index in [1.54, 1.807) is 0 Å². The Morgan fingerprint density at radius 2 is 2.15 bits per heavy atom. The first-order valence-electron chi connectivity index (χ1n) is 9.47. The van der Waals surface area contributed by atoms with Crippen LogP contribution in [0, 0.1) is 11.3 Å². The van der Waals surface area contributed by atoms with Gasteiger partial charge in [-0.2, -0.15) is 5.26 Å². The number of hydrogen-bond donors (Lipinski definition) is 2. The van der Waals surface area contributed by atoms with Gasteiger partial charge in [-0.25, -0.2) is 4.98 Å². The van der Waals surface area contributed by atoms with Gasteiger partial charge in [0.1, 0.15) is 17.7 Å². The van der Waals surface area contributed by atoms with Gasteiger partial charge >= 0.3 is 0 Å². The van der Waals surface area contributed by atoms with E-state index in [1.165, 1.54) is 0 Å². The third-order valence-electron chi connectivity index (χ3n) is 5.07. The van der Waals surface area contributed by atoms with Gasteiger partial charge in [0.15, 0.2) is 0 Å². The number of hydrogen-bond acceptors (Lipinski definition) is 7. The molecule has 1 aromatic rings. The monoisotopic (exact) mass is 358 g/mol. The number of aromatic nitrogens is 1.